The average molecular weight is 412 g/mol. The van der Waals surface area contributed by atoms with Gasteiger partial charge in [0.15, 0.2) is 6.10 Å². The molecule has 0 radical (unpaired) electrons. The molecule has 3 rings (SSSR count). The van der Waals surface area contributed by atoms with Gasteiger partial charge in [-0.2, -0.15) is 4.36 Å². The van der Waals surface area contributed by atoms with Crippen molar-refractivity contribution >= 4 is 37.8 Å². The van der Waals surface area contributed by atoms with Crippen LogP contribution in [0, 0.1) is 25.1 Å². The summed E-state index contributed by atoms with van der Waals surface area (Å²) in [5.74, 6) is 2.82. The average Bonchev–Trinajstić information content (AvgIpc) is 2.62. The molecule has 0 unspecified atom stereocenters. The van der Waals surface area contributed by atoms with Gasteiger partial charge in [0.2, 0.25) is 0 Å². The number of nitrogens with zero attached hydrogens (tertiary/aromatic N) is 3. The van der Waals surface area contributed by atoms with Crippen molar-refractivity contribution in [3.8, 4) is 18.1 Å². The Kier molecular flexibility index (Phi) is 5.71. The lowest BCUT2D eigenvalue weighted by atomic mass is 10.1. The van der Waals surface area contributed by atoms with Gasteiger partial charge in [-0.25, -0.2) is 18.6 Å². The number of rotatable bonds is 5. The van der Waals surface area contributed by atoms with E-state index in [0.29, 0.717) is 22.7 Å². The van der Waals surface area contributed by atoms with Crippen molar-refractivity contribution in [2.45, 2.75) is 20.0 Å². The summed E-state index contributed by atoms with van der Waals surface area (Å²) >= 11 is 0. The number of hydrogen-bond donors (Lipinski definition) is 1. The van der Waals surface area contributed by atoms with Crippen LogP contribution in [0.2, 0.25) is 0 Å². The SMILES string of the molecule is C#C[C@@H](C)Oc1cc(F)ccc1Nc1ncnc2cc(N=S(C)(C)=O)cc(C)c12. The number of halogens is 1. The Morgan fingerprint density at radius 1 is 1.28 bits per heavy atom. The van der Waals surface area contributed by atoms with Gasteiger partial charge in [0.05, 0.1) is 16.9 Å². The van der Waals surface area contributed by atoms with Crippen molar-refractivity contribution in [2.75, 3.05) is 17.8 Å². The van der Waals surface area contributed by atoms with Gasteiger partial charge < -0.3 is 10.1 Å². The third-order valence-electron chi connectivity index (χ3n) is 3.98. The molecule has 0 aliphatic rings. The molecule has 3 aromatic rings. The van der Waals surface area contributed by atoms with Gasteiger partial charge in [0, 0.05) is 33.7 Å². The molecule has 1 N–H and O–H groups in total. The van der Waals surface area contributed by atoms with Gasteiger partial charge in [-0.05, 0) is 43.7 Å². The molecule has 6 nitrogen and oxygen atoms in total. The molecule has 0 saturated carbocycles. The summed E-state index contributed by atoms with van der Waals surface area (Å²) in [6, 6.07) is 7.73. The lowest BCUT2D eigenvalue weighted by Gasteiger charge is -2.16. The van der Waals surface area contributed by atoms with E-state index in [-0.39, 0.29) is 5.75 Å². The molecule has 150 valence electrons. The van der Waals surface area contributed by atoms with E-state index < -0.39 is 21.7 Å². The van der Waals surface area contributed by atoms with E-state index in [4.69, 9.17) is 11.2 Å². The summed E-state index contributed by atoms with van der Waals surface area (Å²) in [5, 5.41) is 3.95. The highest BCUT2D eigenvalue weighted by Crippen LogP contribution is 2.34. The van der Waals surface area contributed by atoms with Crippen molar-refractivity contribution in [3.63, 3.8) is 0 Å². The lowest BCUT2D eigenvalue weighted by molar-refractivity contribution is 0.279. The topological polar surface area (TPSA) is 76.5 Å². The maximum Gasteiger partial charge on any atom is 0.156 e. The summed E-state index contributed by atoms with van der Waals surface area (Å²) in [5.41, 5.74) is 2.61. The normalized spacial score (nSPS) is 12.3. The fourth-order valence-electron chi connectivity index (χ4n) is 2.82. The maximum atomic E-state index is 13.7. The van der Waals surface area contributed by atoms with Gasteiger partial charge in [-0.15, -0.1) is 6.42 Å². The second-order valence-electron chi connectivity index (χ2n) is 6.84. The Bertz CT molecular complexity index is 1240. The third kappa shape index (κ3) is 5.00. The zero-order valence-corrected chi connectivity index (χ0v) is 17.4. The van der Waals surface area contributed by atoms with Crippen molar-refractivity contribution in [2.24, 2.45) is 4.36 Å². The molecule has 0 spiro atoms. The van der Waals surface area contributed by atoms with E-state index in [9.17, 15) is 8.60 Å². The van der Waals surface area contributed by atoms with Crippen LogP contribution in [0.25, 0.3) is 10.9 Å². The van der Waals surface area contributed by atoms with E-state index in [1.54, 1.807) is 31.6 Å². The fraction of sp³-hybridized carbons (Fsp3) is 0.238. The molecule has 1 atom stereocenters. The summed E-state index contributed by atoms with van der Waals surface area (Å²) < 4.78 is 35.6. The van der Waals surface area contributed by atoms with E-state index in [2.05, 4.69) is 25.6 Å². The van der Waals surface area contributed by atoms with Crippen LogP contribution in [0.15, 0.2) is 41.0 Å². The van der Waals surface area contributed by atoms with Crippen LogP contribution >= 0.6 is 0 Å². The molecular formula is C21H21FN4O2S. The zero-order chi connectivity index (χ0) is 21.2. The smallest absolute Gasteiger partial charge is 0.156 e. The Morgan fingerprint density at radius 3 is 2.72 bits per heavy atom. The first-order valence-electron chi connectivity index (χ1n) is 8.78. The van der Waals surface area contributed by atoms with Crippen molar-refractivity contribution in [1.82, 2.24) is 9.97 Å². The number of anilines is 2. The molecule has 1 heterocycles. The number of benzene rings is 2. The van der Waals surface area contributed by atoms with Gasteiger partial charge in [-0.3, -0.25) is 0 Å². The van der Waals surface area contributed by atoms with Crippen molar-refractivity contribution < 1.29 is 13.3 Å². The standard InChI is InChI=1S/C21H21FN4O2S/c1-6-14(3)28-19-10-15(22)7-8-17(19)25-21-20-13(2)9-16(26-29(4,5)27)11-18(20)23-12-24-21/h1,7-12,14H,2-5H3,(H,23,24,25)/t14-/m1/s1. The molecule has 0 amide bonds. The van der Waals surface area contributed by atoms with Crippen LogP contribution in [0.5, 0.6) is 5.75 Å². The van der Waals surface area contributed by atoms with Crippen molar-refractivity contribution in [3.05, 3.63) is 48.0 Å². The summed E-state index contributed by atoms with van der Waals surface area (Å²) in [4.78, 5) is 8.64. The monoisotopic (exact) mass is 412 g/mol. The molecule has 0 bridgehead atoms. The molecule has 0 saturated heterocycles. The quantitative estimate of drug-likeness (QED) is 0.621. The minimum Gasteiger partial charge on any atom is -0.476 e. The molecular weight excluding hydrogens is 391 g/mol. The first kappa shape index (κ1) is 20.6. The summed E-state index contributed by atoms with van der Waals surface area (Å²) in [6.45, 7) is 3.59. The Balaban J connectivity index is 2.09. The molecule has 8 heteroatoms. The first-order valence-corrected chi connectivity index (χ1v) is 11.1. The van der Waals surface area contributed by atoms with Gasteiger partial charge in [0.25, 0.3) is 0 Å². The fourth-order valence-corrected chi connectivity index (χ4v) is 3.44. The van der Waals surface area contributed by atoms with Crippen LogP contribution in [0.1, 0.15) is 12.5 Å². The molecule has 1 aromatic heterocycles. The highest BCUT2D eigenvalue weighted by Gasteiger charge is 2.13. The number of aromatic nitrogens is 2. The van der Waals surface area contributed by atoms with Gasteiger partial charge >= 0.3 is 0 Å². The van der Waals surface area contributed by atoms with Gasteiger partial charge in [0.1, 0.15) is 23.7 Å². The van der Waals surface area contributed by atoms with E-state index in [1.807, 2.05) is 13.0 Å². The Labute approximate surface area is 169 Å². The number of hydrogen-bond acceptors (Lipinski definition) is 6. The number of fused-ring (bicyclic) bond motifs is 1. The summed E-state index contributed by atoms with van der Waals surface area (Å²) in [6.07, 6.45) is 9.41. The second kappa shape index (κ2) is 8.05. The third-order valence-corrected chi connectivity index (χ3v) is 4.63. The van der Waals surface area contributed by atoms with Crippen LogP contribution in [0.4, 0.5) is 21.6 Å². The van der Waals surface area contributed by atoms with Crippen LogP contribution in [0.3, 0.4) is 0 Å². The lowest BCUT2D eigenvalue weighted by Crippen LogP contribution is -2.10. The minimum absolute atomic E-state index is 0.281. The number of ether oxygens (including phenoxy) is 1. The van der Waals surface area contributed by atoms with E-state index in [1.165, 1.54) is 18.5 Å². The Morgan fingerprint density at radius 2 is 2.03 bits per heavy atom. The summed E-state index contributed by atoms with van der Waals surface area (Å²) in [7, 11) is -2.30. The van der Waals surface area contributed by atoms with Crippen molar-refractivity contribution in [1.29, 1.82) is 0 Å². The largest absolute Gasteiger partial charge is 0.476 e. The predicted octanol–water partition coefficient (Wildman–Crippen LogP) is 4.58. The number of aryl methyl sites for hydroxylation is 1. The molecule has 0 aliphatic carbocycles. The molecule has 29 heavy (non-hydrogen) atoms. The molecule has 0 aliphatic heterocycles. The van der Waals surface area contributed by atoms with Crippen LogP contribution < -0.4 is 10.1 Å². The maximum absolute atomic E-state index is 13.7. The molecule has 2 aromatic carbocycles. The first-order chi connectivity index (χ1) is 13.7. The highest BCUT2D eigenvalue weighted by molar-refractivity contribution is 7.92. The Hall–Kier alpha value is -3.18. The van der Waals surface area contributed by atoms with Crippen LogP contribution in [-0.2, 0) is 9.73 Å². The number of nitrogens with one attached hydrogen (secondary N) is 1. The van der Waals surface area contributed by atoms with Crippen LogP contribution in [-0.4, -0.2) is 32.8 Å². The van der Waals surface area contributed by atoms with Gasteiger partial charge in [-0.1, -0.05) is 5.92 Å². The minimum atomic E-state index is -2.30. The second-order valence-corrected chi connectivity index (χ2v) is 9.39. The van der Waals surface area contributed by atoms with E-state index >= 15 is 0 Å². The predicted molar refractivity (Wildman–Crippen MR) is 115 cm³/mol. The highest BCUT2D eigenvalue weighted by atomic mass is 32.2. The van der Waals surface area contributed by atoms with E-state index in [0.717, 1.165) is 10.9 Å². The zero-order valence-electron chi connectivity index (χ0n) is 16.6. The number of terminal acetylenes is 1. The molecule has 0 fully saturated rings.